The van der Waals surface area contributed by atoms with Crippen molar-refractivity contribution in [1.29, 1.82) is 0 Å². The van der Waals surface area contributed by atoms with Crippen LogP contribution in [-0.2, 0) is 0 Å². The Hall–Kier alpha value is -1.30. The molecule has 96 valence electrons. The van der Waals surface area contributed by atoms with Crippen molar-refractivity contribution in [2.75, 3.05) is 0 Å². The van der Waals surface area contributed by atoms with E-state index in [4.69, 9.17) is 5.84 Å². The maximum atomic E-state index is 13.9. The average molecular weight is 268 g/mol. The number of benzene rings is 1. The van der Waals surface area contributed by atoms with Crippen LogP contribution in [0.15, 0.2) is 23.6 Å². The summed E-state index contributed by atoms with van der Waals surface area (Å²) in [5, 5.41) is 1.92. The first kappa shape index (κ1) is 13.1. The van der Waals surface area contributed by atoms with E-state index in [1.165, 1.54) is 6.07 Å². The standard InChI is InChI=1S/C13H14F2N2S/c1-7-5-10(12(15)6-11(7)14)13(17-16)9-3-4-18-8(9)2/h3-6,13,17H,16H2,1-2H3. The molecule has 1 unspecified atom stereocenters. The topological polar surface area (TPSA) is 38.0 Å². The lowest BCUT2D eigenvalue weighted by molar-refractivity contribution is 0.538. The van der Waals surface area contributed by atoms with E-state index in [1.54, 1.807) is 18.3 Å². The summed E-state index contributed by atoms with van der Waals surface area (Å²) in [7, 11) is 0. The molecule has 0 fully saturated rings. The van der Waals surface area contributed by atoms with Gasteiger partial charge in [-0.05, 0) is 42.5 Å². The van der Waals surface area contributed by atoms with Gasteiger partial charge >= 0.3 is 0 Å². The fourth-order valence-electron chi connectivity index (χ4n) is 1.94. The molecule has 2 rings (SSSR count). The van der Waals surface area contributed by atoms with Crippen molar-refractivity contribution in [2.45, 2.75) is 19.9 Å². The SMILES string of the molecule is Cc1cc(C(NN)c2ccsc2C)c(F)cc1F. The Kier molecular flexibility index (Phi) is 3.75. The van der Waals surface area contributed by atoms with Gasteiger partial charge in [-0.1, -0.05) is 0 Å². The Morgan fingerprint density at radius 1 is 1.17 bits per heavy atom. The highest BCUT2D eigenvalue weighted by Gasteiger charge is 2.20. The number of nitrogens with one attached hydrogen (secondary N) is 1. The van der Waals surface area contributed by atoms with E-state index in [2.05, 4.69) is 5.43 Å². The van der Waals surface area contributed by atoms with Gasteiger partial charge in [0.05, 0.1) is 6.04 Å². The van der Waals surface area contributed by atoms with Crippen molar-refractivity contribution in [3.63, 3.8) is 0 Å². The van der Waals surface area contributed by atoms with Crippen LogP contribution in [0.2, 0.25) is 0 Å². The van der Waals surface area contributed by atoms with Crippen LogP contribution in [0.1, 0.15) is 27.6 Å². The van der Waals surface area contributed by atoms with Crippen molar-refractivity contribution in [1.82, 2.24) is 5.43 Å². The summed E-state index contributed by atoms with van der Waals surface area (Å²) in [5.41, 5.74) is 4.26. The van der Waals surface area contributed by atoms with E-state index in [0.717, 1.165) is 16.5 Å². The van der Waals surface area contributed by atoms with Crippen LogP contribution < -0.4 is 11.3 Å². The molecule has 0 saturated heterocycles. The highest BCUT2D eigenvalue weighted by molar-refractivity contribution is 7.10. The fraction of sp³-hybridized carbons (Fsp3) is 0.231. The van der Waals surface area contributed by atoms with Crippen molar-refractivity contribution in [3.8, 4) is 0 Å². The van der Waals surface area contributed by atoms with Gasteiger partial charge in [0.2, 0.25) is 0 Å². The summed E-state index contributed by atoms with van der Waals surface area (Å²) in [6, 6.07) is 3.82. The molecule has 3 N–H and O–H groups in total. The van der Waals surface area contributed by atoms with Crippen LogP contribution in [-0.4, -0.2) is 0 Å². The molecular weight excluding hydrogens is 254 g/mol. The molecule has 0 radical (unpaired) electrons. The molecule has 5 heteroatoms. The second-order valence-corrected chi connectivity index (χ2v) is 5.27. The number of aryl methyl sites for hydroxylation is 2. The fourth-order valence-corrected chi connectivity index (χ4v) is 2.68. The number of rotatable bonds is 3. The molecule has 1 atom stereocenters. The van der Waals surface area contributed by atoms with Crippen molar-refractivity contribution in [3.05, 3.63) is 56.8 Å². The molecule has 0 aliphatic rings. The Labute approximate surface area is 108 Å². The first-order chi connectivity index (χ1) is 8.54. The lowest BCUT2D eigenvalue weighted by Crippen LogP contribution is -2.29. The highest BCUT2D eigenvalue weighted by atomic mass is 32.1. The van der Waals surface area contributed by atoms with Crippen LogP contribution in [0.4, 0.5) is 8.78 Å². The normalized spacial score (nSPS) is 12.7. The molecule has 0 aliphatic heterocycles. The van der Waals surface area contributed by atoms with Gasteiger partial charge in [0, 0.05) is 16.5 Å². The predicted molar refractivity (Wildman–Crippen MR) is 69.3 cm³/mol. The molecule has 18 heavy (non-hydrogen) atoms. The number of hydrogen-bond donors (Lipinski definition) is 2. The Balaban J connectivity index is 2.52. The largest absolute Gasteiger partial charge is 0.271 e. The Morgan fingerprint density at radius 3 is 2.44 bits per heavy atom. The zero-order chi connectivity index (χ0) is 13.3. The van der Waals surface area contributed by atoms with Crippen molar-refractivity contribution < 1.29 is 8.78 Å². The average Bonchev–Trinajstić information content (AvgIpc) is 2.73. The van der Waals surface area contributed by atoms with E-state index < -0.39 is 17.7 Å². The minimum absolute atomic E-state index is 0.359. The summed E-state index contributed by atoms with van der Waals surface area (Å²) >= 11 is 1.56. The van der Waals surface area contributed by atoms with Crippen LogP contribution in [0, 0.1) is 25.5 Å². The lowest BCUT2D eigenvalue weighted by Gasteiger charge is -2.18. The monoisotopic (exact) mass is 268 g/mol. The number of nitrogens with two attached hydrogens (primary N) is 1. The van der Waals surface area contributed by atoms with Gasteiger partial charge in [-0.3, -0.25) is 5.84 Å². The van der Waals surface area contributed by atoms with Gasteiger partial charge in [0.1, 0.15) is 11.6 Å². The number of hydrogen-bond acceptors (Lipinski definition) is 3. The molecule has 0 bridgehead atoms. The number of halogens is 2. The molecule has 1 aromatic carbocycles. The van der Waals surface area contributed by atoms with E-state index in [-0.39, 0.29) is 0 Å². The molecule has 1 aromatic heterocycles. The Bertz CT molecular complexity index is 566. The first-order valence-electron chi connectivity index (χ1n) is 5.50. The van der Waals surface area contributed by atoms with Gasteiger partial charge in [0.25, 0.3) is 0 Å². The first-order valence-corrected chi connectivity index (χ1v) is 6.38. The number of hydrazine groups is 1. The number of thiophene rings is 1. The minimum Gasteiger partial charge on any atom is -0.271 e. The molecular formula is C13H14F2N2S. The summed E-state index contributed by atoms with van der Waals surface area (Å²) in [6.45, 7) is 3.55. The van der Waals surface area contributed by atoms with Gasteiger partial charge < -0.3 is 0 Å². The zero-order valence-electron chi connectivity index (χ0n) is 10.1. The van der Waals surface area contributed by atoms with Crippen LogP contribution in [0.3, 0.4) is 0 Å². The second-order valence-electron chi connectivity index (χ2n) is 4.15. The quantitative estimate of drug-likeness (QED) is 0.662. The van der Waals surface area contributed by atoms with Crippen LogP contribution in [0.5, 0.6) is 0 Å². The zero-order valence-corrected chi connectivity index (χ0v) is 10.9. The van der Waals surface area contributed by atoms with E-state index in [9.17, 15) is 8.78 Å². The van der Waals surface area contributed by atoms with Gasteiger partial charge in [-0.25, -0.2) is 14.2 Å². The Morgan fingerprint density at radius 2 is 1.89 bits per heavy atom. The van der Waals surface area contributed by atoms with E-state index >= 15 is 0 Å². The summed E-state index contributed by atoms with van der Waals surface area (Å²) in [6.07, 6.45) is 0. The van der Waals surface area contributed by atoms with Gasteiger partial charge in [-0.2, -0.15) is 0 Å². The highest BCUT2D eigenvalue weighted by Crippen LogP contribution is 2.30. The van der Waals surface area contributed by atoms with Crippen molar-refractivity contribution in [2.24, 2.45) is 5.84 Å². The van der Waals surface area contributed by atoms with Crippen molar-refractivity contribution >= 4 is 11.3 Å². The van der Waals surface area contributed by atoms with Gasteiger partial charge in [0.15, 0.2) is 0 Å². The van der Waals surface area contributed by atoms with Gasteiger partial charge in [-0.15, -0.1) is 11.3 Å². The maximum Gasteiger partial charge on any atom is 0.131 e. The summed E-state index contributed by atoms with van der Waals surface area (Å²) < 4.78 is 27.1. The molecule has 1 heterocycles. The second kappa shape index (κ2) is 5.14. The molecule has 2 nitrogen and oxygen atoms in total. The third-order valence-electron chi connectivity index (χ3n) is 2.97. The maximum absolute atomic E-state index is 13.9. The summed E-state index contributed by atoms with van der Waals surface area (Å²) in [4.78, 5) is 1.05. The molecule has 0 spiro atoms. The van der Waals surface area contributed by atoms with Crippen LogP contribution >= 0.6 is 11.3 Å². The smallest absolute Gasteiger partial charge is 0.131 e. The lowest BCUT2D eigenvalue weighted by atomic mass is 9.97. The molecule has 0 saturated carbocycles. The third kappa shape index (κ3) is 2.29. The summed E-state index contributed by atoms with van der Waals surface area (Å²) in [5.74, 6) is 4.38. The molecule has 0 aliphatic carbocycles. The molecule has 0 amide bonds. The van der Waals surface area contributed by atoms with E-state index in [1.807, 2.05) is 18.4 Å². The van der Waals surface area contributed by atoms with E-state index in [0.29, 0.717) is 11.1 Å². The van der Waals surface area contributed by atoms with Crippen LogP contribution in [0.25, 0.3) is 0 Å². The minimum atomic E-state index is -0.591. The molecule has 2 aromatic rings. The predicted octanol–water partition coefficient (Wildman–Crippen LogP) is 3.20. The third-order valence-corrected chi connectivity index (χ3v) is 3.83.